The van der Waals surface area contributed by atoms with Gasteiger partial charge in [-0.2, -0.15) is 0 Å². The maximum absolute atomic E-state index is 12.9. The summed E-state index contributed by atoms with van der Waals surface area (Å²) in [5.74, 6) is -0.392. The van der Waals surface area contributed by atoms with Crippen molar-refractivity contribution in [2.24, 2.45) is 5.73 Å². The van der Waals surface area contributed by atoms with E-state index in [0.717, 1.165) is 22.0 Å². The van der Waals surface area contributed by atoms with E-state index >= 15 is 0 Å². The van der Waals surface area contributed by atoms with Gasteiger partial charge in [0, 0.05) is 23.6 Å². The number of para-hydroxylation sites is 1. The predicted octanol–water partition coefficient (Wildman–Crippen LogP) is 3.47. The van der Waals surface area contributed by atoms with Crippen LogP contribution in [0.5, 0.6) is 0 Å². The molecule has 0 fully saturated rings. The average Bonchev–Trinajstić information content (AvgIpc) is 3.35. The number of aromatic amines is 1. The summed E-state index contributed by atoms with van der Waals surface area (Å²) in [6, 6.07) is 13.4. The molecular formula is C21H19FN4O2. The summed E-state index contributed by atoms with van der Waals surface area (Å²) in [7, 11) is 0. The highest BCUT2D eigenvalue weighted by Crippen LogP contribution is 2.23. The van der Waals surface area contributed by atoms with E-state index < -0.39 is 6.04 Å². The van der Waals surface area contributed by atoms with Gasteiger partial charge in [0.05, 0.1) is 6.04 Å². The zero-order chi connectivity index (χ0) is 19.5. The smallest absolute Gasteiger partial charge is 0.273 e. The molecule has 0 radical (unpaired) electrons. The zero-order valence-corrected chi connectivity index (χ0v) is 15.0. The monoisotopic (exact) mass is 378 g/mol. The van der Waals surface area contributed by atoms with Crippen LogP contribution in [-0.4, -0.2) is 15.9 Å². The molecule has 4 aromatic rings. The van der Waals surface area contributed by atoms with Gasteiger partial charge in [-0.1, -0.05) is 30.3 Å². The summed E-state index contributed by atoms with van der Waals surface area (Å²) in [4.78, 5) is 19.7. The van der Waals surface area contributed by atoms with Crippen molar-refractivity contribution in [2.75, 3.05) is 0 Å². The first-order valence-corrected chi connectivity index (χ1v) is 8.89. The van der Waals surface area contributed by atoms with Crippen LogP contribution in [0, 0.1) is 5.82 Å². The molecule has 6 nitrogen and oxygen atoms in total. The highest BCUT2D eigenvalue weighted by atomic mass is 19.1. The van der Waals surface area contributed by atoms with Crippen molar-refractivity contribution in [1.82, 2.24) is 15.3 Å². The van der Waals surface area contributed by atoms with Crippen molar-refractivity contribution in [3.8, 4) is 0 Å². The van der Waals surface area contributed by atoms with Crippen LogP contribution in [0.4, 0.5) is 4.39 Å². The normalized spacial score (nSPS) is 12.2. The number of carbonyl (C=O) groups is 1. The van der Waals surface area contributed by atoms with E-state index in [0.29, 0.717) is 12.3 Å². The SMILES string of the molecule is NC(Cc1c[nH]c2ccccc12)c1nc(C(=O)NCc2ccc(F)cc2)co1. The van der Waals surface area contributed by atoms with Gasteiger partial charge in [-0.05, 0) is 35.7 Å². The van der Waals surface area contributed by atoms with Crippen molar-refractivity contribution in [2.45, 2.75) is 19.0 Å². The van der Waals surface area contributed by atoms with Crippen molar-refractivity contribution >= 4 is 16.8 Å². The lowest BCUT2D eigenvalue weighted by atomic mass is 10.1. The van der Waals surface area contributed by atoms with Crippen LogP contribution < -0.4 is 11.1 Å². The van der Waals surface area contributed by atoms with E-state index in [4.69, 9.17) is 10.2 Å². The van der Waals surface area contributed by atoms with Crippen LogP contribution in [-0.2, 0) is 13.0 Å². The van der Waals surface area contributed by atoms with E-state index in [1.807, 2.05) is 30.5 Å². The summed E-state index contributed by atoms with van der Waals surface area (Å²) in [6.45, 7) is 0.267. The minimum atomic E-state index is -0.474. The molecule has 28 heavy (non-hydrogen) atoms. The Morgan fingerprint density at radius 3 is 2.82 bits per heavy atom. The number of nitrogens with two attached hydrogens (primary N) is 1. The molecule has 0 aliphatic carbocycles. The number of hydrogen-bond acceptors (Lipinski definition) is 4. The number of oxazole rings is 1. The number of benzene rings is 2. The average molecular weight is 378 g/mol. The molecule has 2 heterocycles. The van der Waals surface area contributed by atoms with Crippen LogP contribution >= 0.6 is 0 Å². The number of fused-ring (bicyclic) bond motifs is 1. The quantitative estimate of drug-likeness (QED) is 0.479. The number of carbonyl (C=O) groups excluding carboxylic acids is 1. The Morgan fingerprint density at radius 1 is 1.21 bits per heavy atom. The summed E-state index contributed by atoms with van der Waals surface area (Å²) in [6.07, 6.45) is 3.75. The molecule has 4 N–H and O–H groups in total. The van der Waals surface area contributed by atoms with E-state index in [2.05, 4.69) is 15.3 Å². The van der Waals surface area contributed by atoms with Gasteiger partial charge in [0.25, 0.3) is 5.91 Å². The molecule has 0 bridgehead atoms. The molecule has 0 spiro atoms. The largest absolute Gasteiger partial charge is 0.446 e. The molecule has 0 saturated carbocycles. The fourth-order valence-electron chi connectivity index (χ4n) is 3.06. The molecule has 2 aromatic heterocycles. The maximum atomic E-state index is 12.9. The molecule has 1 atom stereocenters. The Kier molecular flexibility index (Phi) is 4.90. The van der Waals surface area contributed by atoms with E-state index in [9.17, 15) is 9.18 Å². The lowest BCUT2D eigenvalue weighted by molar-refractivity contribution is 0.0946. The molecule has 1 unspecified atom stereocenters. The lowest BCUT2D eigenvalue weighted by Gasteiger charge is -2.06. The van der Waals surface area contributed by atoms with Crippen molar-refractivity contribution in [3.63, 3.8) is 0 Å². The van der Waals surface area contributed by atoms with Gasteiger partial charge >= 0.3 is 0 Å². The summed E-state index contributed by atoms with van der Waals surface area (Å²) >= 11 is 0. The van der Waals surface area contributed by atoms with Crippen LogP contribution in [0.1, 0.15) is 33.5 Å². The Balaban J connectivity index is 1.40. The Morgan fingerprint density at radius 2 is 2.00 bits per heavy atom. The first-order chi connectivity index (χ1) is 13.6. The predicted molar refractivity (Wildman–Crippen MR) is 103 cm³/mol. The standard InChI is InChI=1S/C21H19FN4O2/c22-15-7-5-13(6-8-15)10-25-20(27)19-12-28-21(26-19)17(23)9-14-11-24-18-4-2-1-3-16(14)18/h1-8,11-12,17,24H,9-10,23H2,(H,25,27). The first kappa shape index (κ1) is 17.9. The van der Waals surface area contributed by atoms with Gasteiger partial charge in [-0.25, -0.2) is 9.37 Å². The number of H-pyrrole nitrogens is 1. The van der Waals surface area contributed by atoms with Gasteiger partial charge in [0.2, 0.25) is 5.89 Å². The molecule has 142 valence electrons. The highest BCUT2D eigenvalue weighted by molar-refractivity contribution is 5.91. The number of rotatable bonds is 6. The zero-order valence-electron chi connectivity index (χ0n) is 15.0. The number of nitrogens with one attached hydrogen (secondary N) is 2. The van der Waals surface area contributed by atoms with Crippen LogP contribution in [0.3, 0.4) is 0 Å². The number of aromatic nitrogens is 2. The summed E-state index contributed by atoms with van der Waals surface area (Å²) in [5.41, 5.74) is 9.28. The highest BCUT2D eigenvalue weighted by Gasteiger charge is 2.18. The van der Waals surface area contributed by atoms with Crippen LogP contribution in [0.15, 0.2) is 65.4 Å². The molecule has 0 aliphatic rings. The Labute approximate surface area is 160 Å². The third kappa shape index (κ3) is 3.79. The Hall–Kier alpha value is -3.45. The lowest BCUT2D eigenvalue weighted by Crippen LogP contribution is -2.23. The van der Waals surface area contributed by atoms with Crippen molar-refractivity contribution in [1.29, 1.82) is 0 Å². The van der Waals surface area contributed by atoms with Crippen LogP contribution in [0.2, 0.25) is 0 Å². The summed E-state index contributed by atoms with van der Waals surface area (Å²) < 4.78 is 18.3. The minimum Gasteiger partial charge on any atom is -0.446 e. The molecule has 0 aliphatic heterocycles. The fourth-order valence-corrected chi connectivity index (χ4v) is 3.06. The van der Waals surface area contributed by atoms with Crippen molar-refractivity contribution in [3.05, 3.63) is 89.5 Å². The molecule has 0 saturated heterocycles. The number of halogens is 1. The topological polar surface area (TPSA) is 96.9 Å². The van der Waals surface area contributed by atoms with E-state index in [1.54, 1.807) is 12.1 Å². The molecule has 7 heteroatoms. The number of nitrogens with zero attached hydrogens (tertiary/aromatic N) is 1. The van der Waals surface area contributed by atoms with Crippen molar-refractivity contribution < 1.29 is 13.6 Å². The molecule has 4 rings (SSSR count). The van der Waals surface area contributed by atoms with Gasteiger partial charge in [-0.15, -0.1) is 0 Å². The van der Waals surface area contributed by atoms with Gasteiger partial charge in [0.15, 0.2) is 5.69 Å². The maximum Gasteiger partial charge on any atom is 0.273 e. The number of amides is 1. The van der Waals surface area contributed by atoms with Gasteiger partial charge in [-0.3, -0.25) is 4.79 Å². The third-order valence-electron chi connectivity index (χ3n) is 4.55. The third-order valence-corrected chi connectivity index (χ3v) is 4.55. The fraction of sp³-hybridized carbons (Fsp3) is 0.143. The minimum absolute atomic E-state index is 0.159. The van der Waals surface area contributed by atoms with E-state index in [-0.39, 0.29) is 24.0 Å². The van der Waals surface area contributed by atoms with Gasteiger partial charge in [0.1, 0.15) is 12.1 Å². The second-order valence-corrected chi connectivity index (χ2v) is 6.55. The second kappa shape index (κ2) is 7.66. The molecular weight excluding hydrogens is 359 g/mol. The van der Waals surface area contributed by atoms with Crippen LogP contribution in [0.25, 0.3) is 10.9 Å². The second-order valence-electron chi connectivity index (χ2n) is 6.55. The van der Waals surface area contributed by atoms with E-state index in [1.165, 1.54) is 18.4 Å². The first-order valence-electron chi connectivity index (χ1n) is 8.89. The Bertz CT molecular complexity index is 1100. The molecule has 1 amide bonds. The summed E-state index contributed by atoms with van der Waals surface area (Å²) in [5, 5.41) is 3.83. The number of hydrogen-bond donors (Lipinski definition) is 3. The van der Waals surface area contributed by atoms with Gasteiger partial charge < -0.3 is 20.5 Å². The molecule has 2 aromatic carbocycles.